The average Bonchev–Trinajstić information content (AvgIpc) is 3.62. The Morgan fingerprint density at radius 3 is 2.61 bits per heavy atom. The van der Waals surface area contributed by atoms with Gasteiger partial charge in [-0.2, -0.15) is 0 Å². The van der Waals surface area contributed by atoms with Crippen LogP contribution in [-0.2, 0) is 9.53 Å². The number of H-pyrrole nitrogens is 1. The molecule has 3 heterocycles. The van der Waals surface area contributed by atoms with Crippen LogP contribution < -0.4 is 20.7 Å². The lowest BCUT2D eigenvalue weighted by molar-refractivity contribution is -0.110. The van der Waals surface area contributed by atoms with Crippen molar-refractivity contribution in [3.05, 3.63) is 107 Å². The second-order valence-corrected chi connectivity index (χ2v) is 10.7. The normalized spacial score (nSPS) is 15.5. The average molecular weight is 592 g/mol. The van der Waals surface area contributed by atoms with Gasteiger partial charge in [0.1, 0.15) is 11.5 Å². The molecule has 0 saturated carbocycles. The monoisotopic (exact) mass is 591 g/mol. The van der Waals surface area contributed by atoms with Gasteiger partial charge in [0.2, 0.25) is 0 Å². The number of hydrogen-bond acceptors (Lipinski definition) is 6. The van der Waals surface area contributed by atoms with Crippen molar-refractivity contribution >= 4 is 40.7 Å². The summed E-state index contributed by atoms with van der Waals surface area (Å²) in [6, 6.07) is 21.6. The number of hydrogen-bond donors (Lipinski definition) is 4. The minimum Gasteiger partial charge on any atom is -0.457 e. The van der Waals surface area contributed by atoms with E-state index in [1.54, 1.807) is 60.8 Å². The molecule has 224 valence electrons. The molecule has 3 aromatic carbocycles. The zero-order chi connectivity index (χ0) is 30.5. The number of nitrogens with zero attached hydrogens (tertiary/aromatic N) is 1. The summed E-state index contributed by atoms with van der Waals surface area (Å²) in [5.41, 5.74) is 5.16. The van der Waals surface area contributed by atoms with Gasteiger partial charge in [-0.05, 0) is 55.5 Å². The Morgan fingerprint density at radius 2 is 1.77 bits per heavy atom. The van der Waals surface area contributed by atoms with E-state index in [4.69, 9.17) is 9.47 Å². The van der Waals surface area contributed by atoms with E-state index >= 15 is 0 Å². The number of fused-ring (bicyclic) bond motifs is 1. The molecule has 44 heavy (non-hydrogen) atoms. The molecule has 1 saturated heterocycles. The topological polar surface area (TPSA) is 125 Å². The maximum absolute atomic E-state index is 12.9. The summed E-state index contributed by atoms with van der Waals surface area (Å²) in [6.45, 7) is 6.45. The first-order valence-electron chi connectivity index (χ1n) is 14.5. The van der Waals surface area contributed by atoms with E-state index in [1.165, 1.54) is 0 Å². The molecule has 6 rings (SSSR count). The first-order chi connectivity index (χ1) is 21.4. The molecule has 0 radical (unpaired) electrons. The minimum atomic E-state index is -0.246. The van der Waals surface area contributed by atoms with E-state index in [1.807, 2.05) is 31.2 Å². The van der Waals surface area contributed by atoms with Crippen LogP contribution in [0.2, 0.25) is 0 Å². The smallest absolute Gasteiger partial charge is 0.256 e. The molecule has 1 aromatic heterocycles. The van der Waals surface area contributed by atoms with Crippen molar-refractivity contribution in [2.24, 2.45) is 0 Å². The zero-order valence-corrected chi connectivity index (χ0v) is 24.3. The van der Waals surface area contributed by atoms with E-state index in [2.05, 4.69) is 25.8 Å². The van der Waals surface area contributed by atoms with Gasteiger partial charge in [-0.25, -0.2) is 0 Å². The lowest BCUT2D eigenvalue weighted by atomic mass is 10.1. The number of benzene rings is 3. The quantitative estimate of drug-likeness (QED) is 0.205. The van der Waals surface area contributed by atoms with Crippen LogP contribution in [0.25, 0.3) is 11.6 Å². The number of nitrogens with one attached hydrogen (secondary N) is 4. The fourth-order valence-electron chi connectivity index (χ4n) is 5.18. The fraction of sp³-hybridized carbons (Fsp3) is 0.206. The third-order valence-corrected chi connectivity index (χ3v) is 7.47. The summed E-state index contributed by atoms with van der Waals surface area (Å²) in [5, 5.41) is 8.74. The van der Waals surface area contributed by atoms with E-state index < -0.39 is 0 Å². The van der Waals surface area contributed by atoms with Crippen LogP contribution in [0.1, 0.15) is 37.5 Å². The highest BCUT2D eigenvalue weighted by molar-refractivity contribution is 6.35. The lowest BCUT2D eigenvalue weighted by Gasteiger charge is -2.26. The second kappa shape index (κ2) is 13.0. The van der Waals surface area contributed by atoms with Gasteiger partial charge in [0.25, 0.3) is 17.7 Å². The van der Waals surface area contributed by atoms with E-state index in [0.29, 0.717) is 51.8 Å². The molecular weight excluding hydrogens is 558 g/mol. The predicted molar refractivity (Wildman–Crippen MR) is 169 cm³/mol. The number of morpholine rings is 1. The predicted octanol–water partition coefficient (Wildman–Crippen LogP) is 4.92. The highest BCUT2D eigenvalue weighted by atomic mass is 16.5. The van der Waals surface area contributed by atoms with Crippen LogP contribution in [0.5, 0.6) is 11.5 Å². The van der Waals surface area contributed by atoms with Gasteiger partial charge < -0.3 is 30.4 Å². The summed E-state index contributed by atoms with van der Waals surface area (Å²) < 4.78 is 11.4. The van der Waals surface area contributed by atoms with Crippen LogP contribution in [0.3, 0.4) is 0 Å². The summed E-state index contributed by atoms with van der Waals surface area (Å²) in [7, 11) is 0. The van der Waals surface area contributed by atoms with E-state index in [0.717, 1.165) is 44.0 Å². The van der Waals surface area contributed by atoms with Crippen LogP contribution in [0, 0.1) is 6.92 Å². The molecule has 1 fully saturated rings. The number of amides is 3. The zero-order valence-electron chi connectivity index (χ0n) is 24.3. The first-order valence-corrected chi connectivity index (χ1v) is 14.5. The van der Waals surface area contributed by atoms with Gasteiger partial charge in [0.05, 0.1) is 30.0 Å². The van der Waals surface area contributed by atoms with Crippen LogP contribution >= 0.6 is 0 Å². The highest BCUT2D eigenvalue weighted by Crippen LogP contribution is 2.37. The SMILES string of the molecule is Cc1cccc(C(=O)Nc2cccc(Oc3ccc4c(c3)NC(=O)/C4=C\c3cc(C(=O)NCCN4CCOCC4)c[nH]3)c2)c1. The molecule has 2 aliphatic heterocycles. The molecule has 10 nitrogen and oxygen atoms in total. The van der Waals surface area contributed by atoms with Gasteiger partial charge in [-0.3, -0.25) is 19.3 Å². The van der Waals surface area contributed by atoms with Gasteiger partial charge in [-0.15, -0.1) is 0 Å². The van der Waals surface area contributed by atoms with Crippen molar-refractivity contribution in [2.75, 3.05) is 50.0 Å². The van der Waals surface area contributed by atoms with Crippen molar-refractivity contribution in [3.8, 4) is 11.5 Å². The van der Waals surface area contributed by atoms with Crippen molar-refractivity contribution in [2.45, 2.75) is 6.92 Å². The fourth-order valence-corrected chi connectivity index (χ4v) is 5.18. The third kappa shape index (κ3) is 6.88. The minimum absolute atomic E-state index is 0.170. The maximum atomic E-state index is 12.9. The van der Waals surface area contributed by atoms with Crippen LogP contribution in [0.4, 0.5) is 11.4 Å². The Bertz CT molecular complexity index is 1740. The Hall–Kier alpha value is -5.19. The molecule has 0 bridgehead atoms. The number of carbonyl (C=O) groups excluding carboxylic acids is 3. The van der Waals surface area contributed by atoms with Crippen LogP contribution in [0.15, 0.2) is 79.0 Å². The number of rotatable bonds is 9. The van der Waals surface area contributed by atoms with Crippen molar-refractivity contribution in [1.82, 2.24) is 15.2 Å². The standard InChI is InChI=1S/C34H33N5O5/c1-22-4-2-5-23(16-22)33(41)37-25-6-3-7-27(18-25)44-28-8-9-29-30(34(42)38-31(29)20-28)19-26-17-24(21-36-26)32(40)35-10-11-39-12-14-43-15-13-39/h2-9,16-21,36H,10-15H2,1H3,(H,35,40)(H,37,41)(H,38,42)/b30-19-. The molecule has 3 amide bonds. The highest BCUT2D eigenvalue weighted by Gasteiger charge is 2.25. The molecular formula is C34H33N5O5. The molecule has 10 heteroatoms. The molecule has 0 unspecified atom stereocenters. The molecule has 4 N–H and O–H groups in total. The Kier molecular flexibility index (Phi) is 8.53. The number of aryl methyl sites for hydroxylation is 1. The molecule has 0 atom stereocenters. The Balaban J connectivity index is 1.09. The van der Waals surface area contributed by atoms with E-state index in [9.17, 15) is 14.4 Å². The summed E-state index contributed by atoms with van der Waals surface area (Å²) in [5.74, 6) is 0.446. The van der Waals surface area contributed by atoms with Crippen molar-refractivity contribution in [1.29, 1.82) is 0 Å². The first kappa shape index (κ1) is 28.9. The summed E-state index contributed by atoms with van der Waals surface area (Å²) in [4.78, 5) is 43.5. The summed E-state index contributed by atoms with van der Waals surface area (Å²) in [6.07, 6.45) is 3.37. The largest absolute Gasteiger partial charge is 0.457 e. The lowest BCUT2D eigenvalue weighted by Crippen LogP contribution is -2.41. The maximum Gasteiger partial charge on any atom is 0.256 e. The van der Waals surface area contributed by atoms with Gasteiger partial charge in [0, 0.05) is 67.0 Å². The molecule has 2 aliphatic rings. The Morgan fingerprint density at radius 1 is 0.955 bits per heavy atom. The summed E-state index contributed by atoms with van der Waals surface area (Å²) >= 11 is 0. The molecule has 0 aliphatic carbocycles. The number of aromatic nitrogens is 1. The van der Waals surface area contributed by atoms with Crippen LogP contribution in [-0.4, -0.2) is 67.0 Å². The number of ether oxygens (including phenoxy) is 2. The van der Waals surface area contributed by atoms with Gasteiger partial charge in [-0.1, -0.05) is 23.8 Å². The van der Waals surface area contributed by atoms with Crippen molar-refractivity contribution < 1.29 is 23.9 Å². The molecule has 4 aromatic rings. The van der Waals surface area contributed by atoms with Gasteiger partial charge >= 0.3 is 0 Å². The second-order valence-electron chi connectivity index (χ2n) is 10.7. The van der Waals surface area contributed by atoms with Crippen molar-refractivity contribution in [3.63, 3.8) is 0 Å². The number of anilines is 2. The molecule has 0 spiro atoms. The number of aromatic amines is 1. The Labute approximate surface area is 255 Å². The van der Waals surface area contributed by atoms with Gasteiger partial charge in [0.15, 0.2) is 0 Å². The third-order valence-electron chi connectivity index (χ3n) is 7.47. The van der Waals surface area contributed by atoms with E-state index in [-0.39, 0.29) is 17.7 Å². The number of carbonyl (C=O) groups is 3.